The van der Waals surface area contributed by atoms with Crippen LogP contribution in [0.3, 0.4) is 0 Å². The molecule has 0 radical (unpaired) electrons. The van der Waals surface area contributed by atoms with Gasteiger partial charge in [-0.05, 0) is 43.0 Å². The number of hydrogen-bond donors (Lipinski definition) is 3. The highest BCUT2D eigenvalue weighted by Crippen LogP contribution is 2.27. The van der Waals surface area contributed by atoms with Crippen molar-refractivity contribution in [1.82, 2.24) is 15.1 Å². The van der Waals surface area contributed by atoms with Crippen molar-refractivity contribution in [2.75, 3.05) is 44.6 Å². The molecule has 1 heterocycles. The third kappa shape index (κ3) is 6.52. The van der Waals surface area contributed by atoms with E-state index in [2.05, 4.69) is 27.4 Å². The van der Waals surface area contributed by atoms with Gasteiger partial charge in [-0.25, -0.2) is 0 Å². The minimum absolute atomic E-state index is 0.126. The average Bonchev–Trinajstić information content (AvgIpc) is 3.28. The van der Waals surface area contributed by atoms with Crippen molar-refractivity contribution in [3.05, 3.63) is 29.8 Å². The molecular weight excluding hydrogens is 368 g/mol. The van der Waals surface area contributed by atoms with Crippen molar-refractivity contribution in [3.8, 4) is 0 Å². The van der Waals surface area contributed by atoms with Gasteiger partial charge in [0.2, 0.25) is 0 Å². The molecule has 3 N–H and O–H groups in total. The highest BCUT2D eigenvalue weighted by atomic mass is 16.3. The summed E-state index contributed by atoms with van der Waals surface area (Å²) in [5.41, 5.74) is 1.79. The third-order valence-electron chi connectivity index (χ3n) is 6.15. The van der Waals surface area contributed by atoms with Gasteiger partial charge in [0.05, 0.1) is 6.10 Å². The molecule has 7 heteroatoms. The highest BCUT2D eigenvalue weighted by molar-refractivity contribution is 6.39. The normalized spacial score (nSPS) is 19.8. The van der Waals surface area contributed by atoms with Gasteiger partial charge in [-0.3, -0.25) is 14.5 Å². The molecule has 2 aliphatic rings. The van der Waals surface area contributed by atoms with Crippen LogP contribution in [0.1, 0.15) is 38.2 Å². The van der Waals surface area contributed by atoms with Gasteiger partial charge >= 0.3 is 11.8 Å². The first kappa shape index (κ1) is 21.7. The third-order valence-corrected chi connectivity index (χ3v) is 6.15. The molecule has 3 rings (SSSR count). The summed E-state index contributed by atoms with van der Waals surface area (Å²) >= 11 is 0. The average molecular weight is 403 g/mol. The number of hydrogen-bond acceptors (Lipinski definition) is 5. The van der Waals surface area contributed by atoms with Gasteiger partial charge in [0.1, 0.15) is 0 Å². The van der Waals surface area contributed by atoms with Crippen molar-refractivity contribution in [2.24, 2.45) is 5.92 Å². The Morgan fingerprint density at radius 1 is 1.03 bits per heavy atom. The van der Waals surface area contributed by atoms with Crippen molar-refractivity contribution < 1.29 is 14.7 Å². The molecule has 1 saturated carbocycles. The summed E-state index contributed by atoms with van der Waals surface area (Å²) in [6, 6.07) is 7.64. The van der Waals surface area contributed by atoms with E-state index < -0.39 is 17.9 Å². The van der Waals surface area contributed by atoms with Crippen LogP contribution < -0.4 is 10.6 Å². The second-order valence-electron chi connectivity index (χ2n) is 8.18. The second-order valence-corrected chi connectivity index (χ2v) is 8.18. The Balaban J connectivity index is 1.40. The summed E-state index contributed by atoms with van der Waals surface area (Å²) in [6.07, 6.45) is 3.66. The van der Waals surface area contributed by atoms with Gasteiger partial charge in [0.25, 0.3) is 0 Å². The van der Waals surface area contributed by atoms with E-state index in [-0.39, 0.29) is 12.5 Å². The van der Waals surface area contributed by atoms with Gasteiger partial charge in [-0.15, -0.1) is 0 Å². The maximum absolute atomic E-state index is 12.1. The fraction of sp³-hybridized carbons (Fsp3) is 0.636. The summed E-state index contributed by atoms with van der Waals surface area (Å²) < 4.78 is 0. The van der Waals surface area contributed by atoms with E-state index >= 15 is 0 Å². The molecule has 160 valence electrons. The quantitative estimate of drug-likeness (QED) is 0.601. The van der Waals surface area contributed by atoms with Gasteiger partial charge in [0.15, 0.2) is 0 Å². The molecule has 1 unspecified atom stereocenters. The predicted octanol–water partition coefficient (Wildman–Crippen LogP) is 1.43. The van der Waals surface area contributed by atoms with Crippen LogP contribution in [0.4, 0.5) is 5.69 Å². The van der Waals surface area contributed by atoms with E-state index in [0.717, 1.165) is 65.0 Å². The monoisotopic (exact) mass is 402 g/mol. The second kappa shape index (κ2) is 10.7. The van der Waals surface area contributed by atoms with Gasteiger partial charge in [0, 0.05) is 45.0 Å². The van der Waals surface area contributed by atoms with E-state index in [1.807, 2.05) is 24.3 Å². The Kier molecular flexibility index (Phi) is 8.03. The first-order chi connectivity index (χ1) is 14.0. The number of piperazine rings is 1. The minimum atomic E-state index is -0.708. The number of nitrogens with zero attached hydrogens (tertiary/aromatic N) is 2. The minimum Gasteiger partial charge on any atom is -0.391 e. The molecule has 1 aliphatic carbocycles. The molecule has 2 amide bonds. The van der Waals surface area contributed by atoms with E-state index in [1.165, 1.54) is 5.56 Å². The lowest BCUT2D eigenvalue weighted by molar-refractivity contribution is -0.136. The molecule has 2 fully saturated rings. The zero-order chi connectivity index (χ0) is 20.6. The first-order valence-corrected chi connectivity index (χ1v) is 10.9. The van der Waals surface area contributed by atoms with Crippen molar-refractivity contribution in [2.45, 2.75) is 45.3 Å². The summed E-state index contributed by atoms with van der Waals surface area (Å²) in [5, 5.41) is 15.3. The number of carbonyl (C=O) groups excluding carboxylic acids is 2. The van der Waals surface area contributed by atoms with Gasteiger partial charge < -0.3 is 20.6 Å². The Bertz CT molecular complexity index is 665. The number of anilines is 1. The number of benzene rings is 1. The zero-order valence-electron chi connectivity index (χ0n) is 17.4. The Hall–Kier alpha value is -1.96. The highest BCUT2D eigenvalue weighted by Gasteiger charge is 2.24. The smallest absolute Gasteiger partial charge is 0.313 e. The number of aliphatic hydroxyl groups is 1. The van der Waals surface area contributed by atoms with E-state index in [9.17, 15) is 14.7 Å². The van der Waals surface area contributed by atoms with Gasteiger partial charge in [-0.2, -0.15) is 0 Å². The maximum Gasteiger partial charge on any atom is 0.313 e. The topological polar surface area (TPSA) is 84.9 Å². The first-order valence-electron chi connectivity index (χ1n) is 10.9. The molecule has 7 nitrogen and oxygen atoms in total. The molecule has 1 aromatic carbocycles. The fourth-order valence-corrected chi connectivity index (χ4v) is 4.19. The number of amides is 2. The summed E-state index contributed by atoms with van der Waals surface area (Å²) in [5.74, 6) is -1.18. The largest absolute Gasteiger partial charge is 0.391 e. The Morgan fingerprint density at radius 2 is 1.66 bits per heavy atom. The fourth-order valence-electron chi connectivity index (χ4n) is 4.19. The van der Waals surface area contributed by atoms with Crippen LogP contribution in [-0.2, 0) is 16.1 Å². The molecule has 1 aromatic rings. The number of likely N-dealkylation sites (N-methyl/N-ethyl adjacent to an activating group) is 1. The SMILES string of the molecule is CCN1CCN(Cc2ccc(NC(=O)C(=O)NCC(O)C3CCCC3)cc2)CC1. The lowest BCUT2D eigenvalue weighted by Crippen LogP contribution is -2.45. The van der Waals surface area contributed by atoms with Crippen LogP contribution in [0.2, 0.25) is 0 Å². The Labute approximate surface area is 173 Å². The molecule has 1 aliphatic heterocycles. The molecule has 1 saturated heterocycles. The summed E-state index contributed by atoms with van der Waals surface area (Å²) in [6.45, 7) is 8.67. The number of rotatable bonds is 7. The molecule has 0 aromatic heterocycles. The van der Waals surface area contributed by atoms with E-state index in [4.69, 9.17) is 0 Å². The lowest BCUT2D eigenvalue weighted by Gasteiger charge is -2.34. The lowest BCUT2D eigenvalue weighted by atomic mass is 10.0. The van der Waals surface area contributed by atoms with Crippen LogP contribution in [-0.4, -0.2) is 72.1 Å². The van der Waals surface area contributed by atoms with Crippen LogP contribution in [0.25, 0.3) is 0 Å². The molecule has 29 heavy (non-hydrogen) atoms. The molecular formula is C22H34N4O3. The number of nitrogens with one attached hydrogen (secondary N) is 2. The van der Waals surface area contributed by atoms with Crippen LogP contribution in [0, 0.1) is 5.92 Å². The predicted molar refractivity (Wildman–Crippen MR) is 113 cm³/mol. The van der Waals surface area contributed by atoms with Gasteiger partial charge in [-0.1, -0.05) is 31.9 Å². The van der Waals surface area contributed by atoms with E-state index in [0.29, 0.717) is 5.69 Å². The summed E-state index contributed by atoms with van der Waals surface area (Å²) in [4.78, 5) is 29.0. The number of carbonyl (C=O) groups is 2. The number of aliphatic hydroxyl groups excluding tert-OH is 1. The van der Waals surface area contributed by atoms with E-state index in [1.54, 1.807) is 0 Å². The molecule has 0 bridgehead atoms. The molecule has 1 atom stereocenters. The molecule has 0 spiro atoms. The Morgan fingerprint density at radius 3 is 2.28 bits per heavy atom. The van der Waals surface area contributed by atoms with Crippen molar-refractivity contribution in [1.29, 1.82) is 0 Å². The zero-order valence-corrected chi connectivity index (χ0v) is 17.4. The van der Waals surface area contributed by atoms with Crippen LogP contribution in [0.15, 0.2) is 24.3 Å². The van der Waals surface area contributed by atoms with Crippen LogP contribution in [0.5, 0.6) is 0 Å². The maximum atomic E-state index is 12.1. The van der Waals surface area contributed by atoms with Crippen molar-refractivity contribution >= 4 is 17.5 Å². The van der Waals surface area contributed by atoms with Crippen LogP contribution >= 0.6 is 0 Å². The standard InChI is InChI=1S/C22H34N4O3/c1-2-25-11-13-26(14-12-25)16-17-7-9-19(10-8-17)24-22(29)21(28)23-15-20(27)18-5-3-4-6-18/h7-10,18,20,27H,2-6,11-16H2,1H3,(H,23,28)(H,24,29). The summed E-state index contributed by atoms with van der Waals surface area (Å²) in [7, 11) is 0. The van der Waals surface area contributed by atoms with Crippen molar-refractivity contribution in [3.63, 3.8) is 0 Å².